The van der Waals surface area contributed by atoms with E-state index in [1.165, 1.54) is 0 Å². The molecule has 0 aliphatic heterocycles. The van der Waals surface area contributed by atoms with E-state index in [2.05, 4.69) is 10.6 Å². The zero-order valence-corrected chi connectivity index (χ0v) is 13.4. The van der Waals surface area contributed by atoms with Crippen LogP contribution >= 0.6 is 0 Å². The van der Waals surface area contributed by atoms with Crippen molar-refractivity contribution < 1.29 is 22.8 Å². The summed E-state index contributed by atoms with van der Waals surface area (Å²) in [7, 11) is 0. The summed E-state index contributed by atoms with van der Waals surface area (Å²) in [6.45, 7) is 0.244. The molecule has 0 radical (unpaired) electrons. The zero-order valence-electron chi connectivity index (χ0n) is 13.4. The minimum absolute atomic E-state index is 0.103. The van der Waals surface area contributed by atoms with Crippen LogP contribution in [0.5, 0.6) is 0 Å². The Hall–Kier alpha value is -3.34. The maximum Gasteiger partial charge on any atom is 0.416 e. The first kappa shape index (κ1) is 19.0. The number of hydrogen-bond acceptors (Lipinski definition) is 3. The molecule has 134 valence electrons. The Morgan fingerprint density at radius 1 is 1.00 bits per heavy atom. The lowest BCUT2D eigenvalue weighted by Gasteiger charge is -2.09. The van der Waals surface area contributed by atoms with E-state index in [4.69, 9.17) is 5.26 Å². The number of amides is 2. The smallest absolute Gasteiger partial charge is 0.351 e. The van der Waals surface area contributed by atoms with Gasteiger partial charge in [-0.2, -0.15) is 18.4 Å². The predicted octanol–water partition coefficient (Wildman–Crippen LogP) is 3.49. The van der Waals surface area contributed by atoms with Gasteiger partial charge in [0.2, 0.25) is 5.91 Å². The molecule has 2 N–H and O–H groups in total. The van der Waals surface area contributed by atoms with Crippen LogP contribution < -0.4 is 10.6 Å². The second kappa shape index (κ2) is 8.16. The Balaban J connectivity index is 1.95. The monoisotopic (exact) mass is 361 g/mol. The highest BCUT2D eigenvalue weighted by atomic mass is 19.4. The molecule has 2 amide bonds. The van der Waals surface area contributed by atoms with Crippen molar-refractivity contribution in [3.8, 4) is 6.07 Å². The molecule has 2 aromatic rings. The quantitative estimate of drug-likeness (QED) is 0.855. The average Bonchev–Trinajstić information content (AvgIpc) is 2.61. The van der Waals surface area contributed by atoms with E-state index < -0.39 is 17.6 Å². The molecule has 0 atom stereocenters. The average molecular weight is 361 g/mol. The molecule has 2 aromatic carbocycles. The number of carbonyl (C=O) groups excluding carboxylic acids is 2. The van der Waals surface area contributed by atoms with Crippen molar-refractivity contribution in [3.63, 3.8) is 0 Å². The number of halogens is 3. The summed E-state index contributed by atoms with van der Waals surface area (Å²) in [5.74, 6) is -0.916. The molecule has 5 nitrogen and oxygen atoms in total. The summed E-state index contributed by atoms with van der Waals surface area (Å²) >= 11 is 0. The lowest BCUT2D eigenvalue weighted by Crippen LogP contribution is -2.21. The van der Waals surface area contributed by atoms with Gasteiger partial charge in [0.05, 0.1) is 11.6 Å². The summed E-state index contributed by atoms with van der Waals surface area (Å²) in [6, 6.07) is 12.2. The summed E-state index contributed by atoms with van der Waals surface area (Å²) in [4.78, 5) is 23.3. The van der Waals surface area contributed by atoms with Crippen molar-refractivity contribution in [2.45, 2.75) is 19.1 Å². The van der Waals surface area contributed by atoms with E-state index in [0.29, 0.717) is 5.69 Å². The summed E-state index contributed by atoms with van der Waals surface area (Å²) in [5.41, 5.74) is 0.508. The number of anilines is 1. The fourth-order valence-corrected chi connectivity index (χ4v) is 2.05. The molecule has 0 aliphatic carbocycles. The van der Waals surface area contributed by atoms with Crippen molar-refractivity contribution >= 4 is 17.5 Å². The molecule has 2 rings (SSSR count). The van der Waals surface area contributed by atoms with Crippen LogP contribution in [-0.2, 0) is 17.5 Å². The largest absolute Gasteiger partial charge is 0.416 e. The van der Waals surface area contributed by atoms with E-state index in [0.717, 1.165) is 29.8 Å². The van der Waals surface area contributed by atoms with E-state index in [1.54, 1.807) is 30.3 Å². The topological polar surface area (TPSA) is 82.0 Å². The minimum atomic E-state index is -4.45. The van der Waals surface area contributed by atoms with Crippen LogP contribution in [0.4, 0.5) is 18.9 Å². The van der Waals surface area contributed by atoms with Crippen LogP contribution in [0.25, 0.3) is 0 Å². The summed E-state index contributed by atoms with van der Waals surface area (Å²) < 4.78 is 37.6. The lowest BCUT2D eigenvalue weighted by atomic mass is 10.1. The molecule has 0 saturated carbocycles. The molecule has 0 heterocycles. The predicted molar refractivity (Wildman–Crippen MR) is 87.9 cm³/mol. The van der Waals surface area contributed by atoms with Crippen molar-refractivity contribution in [1.82, 2.24) is 5.32 Å². The number of hydrogen-bond donors (Lipinski definition) is 2. The van der Waals surface area contributed by atoms with Crippen molar-refractivity contribution in [1.29, 1.82) is 5.26 Å². The third-order valence-electron chi connectivity index (χ3n) is 3.42. The van der Waals surface area contributed by atoms with Gasteiger partial charge in [-0.1, -0.05) is 12.1 Å². The number of nitrogens with zero attached hydrogens (tertiary/aromatic N) is 1. The van der Waals surface area contributed by atoms with Crippen LogP contribution in [0.15, 0.2) is 48.5 Å². The third kappa shape index (κ3) is 5.34. The van der Waals surface area contributed by atoms with Gasteiger partial charge in [0, 0.05) is 17.8 Å². The van der Waals surface area contributed by atoms with Crippen molar-refractivity contribution in [2.24, 2.45) is 0 Å². The summed E-state index contributed by atoms with van der Waals surface area (Å²) in [5, 5.41) is 13.5. The van der Waals surface area contributed by atoms with E-state index >= 15 is 0 Å². The van der Waals surface area contributed by atoms with Crippen LogP contribution in [0.1, 0.15) is 27.9 Å². The Bertz CT molecular complexity index is 823. The summed E-state index contributed by atoms with van der Waals surface area (Å²) in [6.07, 6.45) is -4.67. The SMILES string of the molecule is N#CCC(=O)NCc1ccc(NC(=O)c2ccc(C(F)(F)F)cc2)cc1. The highest BCUT2D eigenvalue weighted by Gasteiger charge is 2.30. The van der Waals surface area contributed by atoms with Gasteiger partial charge in [0.15, 0.2) is 0 Å². The van der Waals surface area contributed by atoms with Gasteiger partial charge < -0.3 is 10.6 Å². The lowest BCUT2D eigenvalue weighted by molar-refractivity contribution is -0.137. The molecule has 0 fully saturated rings. The molecule has 0 saturated heterocycles. The van der Waals surface area contributed by atoms with Crippen LogP contribution in [0, 0.1) is 11.3 Å². The van der Waals surface area contributed by atoms with E-state index in [-0.39, 0.29) is 24.4 Å². The first-order valence-corrected chi connectivity index (χ1v) is 7.51. The minimum Gasteiger partial charge on any atom is -0.351 e. The highest BCUT2D eigenvalue weighted by Crippen LogP contribution is 2.29. The van der Waals surface area contributed by atoms with Gasteiger partial charge >= 0.3 is 6.18 Å². The maximum absolute atomic E-state index is 12.5. The second-order valence-corrected chi connectivity index (χ2v) is 5.34. The van der Waals surface area contributed by atoms with E-state index in [9.17, 15) is 22.8 Å². The van der Waals surface area contributed by atoms with Crippen LogP contribution in [0.3, 0.4) is 0 Å². The molecule has 0 bridgehead atoms. The highest BCUT2D eigenvalue weighted by molar-refractivity contribution is 6.04. The van der Waals surface area contributed by atoms with Gasteiger partial charge in [-0.15, -0.1) is 0 Å². The first-order chi connectivity index (χ1) is 12.3. The normalized spacial score (nSPS) is 10.7. The van der Waals surface area contributed by atoms with Gasteiger partial charge in [0.1, 0.15) is 6.42 Å². The van der Waals surface area contributed by atoms with Gasteiger partial charge in [-0.3, -0.25) is 9.59 Å². The second-order valence-electron chi connectivity index (χ2n) is 5.34. The molecule has 0 aromatic heterocycles. The fourth-order valence-electron chi connectivity index (χ4n) is 2.05. The number of carbonyl (C=O) groups is 2. The molecule has 8 heteroatoms. The number of nitrogens with one attached hydrogen (secondary N) is 2. The Kier molecular flexibility index (Phi) is 5.96. The van der Waals surface area contributed by atoms with Crippen molar-refractivity contribution in [3.05, 3.63) is 65.2 Å². The number of rotatable bonds is 5. The number of benzene rings is 2. The van der Waals surface area contributed by atoms with Crippen LogP contribution in [-0.4, -0.2) is 11.8 Å². The van der Waals surface area contributed by atoms with Crippen LogP contribution in [0.2, 0.25) is 0 Å². The molecular formula is C18H14F3N3O2. The zero-order chi connectivity index (χ0) is 19.2. The number of nitriles is 1. The molecule has 0 unspecified atom stereocenters. The van der Waals surface area contributed by atoms with Gasteiger partial charge in [-0.25, -0.2) is 0 Å². The molecular weight excluding hydrogens is 347 g/mol. The number of alkyl halides is 3. The molecule has 26 heavy (non-hydrogen) atoms. The van der Waals surface area contributed by atoms with Gasteiger partial charge in [0.25, 0.3) is 5.91 Å². The standard InChI is InChI=1S/C18H14F3N3O2/c19-18(20,21)14-5-3-13(4-6-14)17(26)24-15-7-1-12(2-8-15)11-23-16(25)9-10-22/h1-8H,9,11H2,(H,23,25)(H,24,26). The third-order valence-corrected chi connectivity index (χ3v) is 3.42. The van der Waals surface area contributed by atoms with Gasteiger partial charge in [-0.05, 0) is 42.0 Å². The maximum atomic E-state index is 12.5. The fraction of sp³-hybridized carbons (Fsp3) is 0.167. The van der Waals surface area contributed by atoms with Crippen molar-refractivity contribution in [2.75, 3.05) is 5.32 Å². The first-order valence-electron chi connectivity index (χ1n) is 7.51. The molecule has 0 aliphatic rings. The Morgan fingerprint density at radius 3 is 2.15 bits per heavy atom. The Labute approximate surface area is 147 Å². The Morgan fingerprint density at radius 2 is 1.62 bits per heavy atom. The molecule has 0 spiro atoms. The van der Waals surface area contributed by atoms with E-state index in [1.807, 2.05) is 0 Å².